The Morgan fingerprint density at radius 1 is 1.36 bits per heavy atom. The van der Waals surface area contributed by atoms with Crippen molar-refractivity contribution in [1.29, 1.82) is 0 Å². The molecule has 4 rings (SSSR count). The number of nitrogens with zero attached hydrogens (tertiary/aromatic N) is 4. The number of hydrogen-bond acceptors (Lipinski definition) is 3. The van der Waals surface area contributed by atoms with Crippen molar-refractivity contribution in [2.75, 3.05) is 6.54 Å². The number of hydrogen-bond donors (Lipinski definition) is 1. The van der Waals surface area contributed by atoms with Crippen molar-refractivity contribution < 1.29 is 4.79 Å². The van der Waals surface area contributed by atoms with Gasteiger partial charge in [0.25, 0.3) is 0 Å². The quantitative estimate of drug-likeness (QED) is 0.920. The maximum Gasteiger partial charge on any atom is 0.226 e. The third kappa shape index (κ3) is 2.14. The van der Waals surface area contributed by atoms with Gasteiger partial charge in [0.05, 0.1) is 11.7 Å². The first-order valence-corrected chi connectivity index (χ1v) is 8.05. The van der Waals surface area contributed by atoms with E-state index in [2.05, 4.69) is 24.6 Å². The minimum atomic E-state index is 0.0899. The summed E-state index contributed by atoms with van der Waals surface area (Å²) in [6.45, 7) is 3.79. The molecule has 0 spiro atoms. The van der Waals surface area contributed by atoms with Crippen LogP contribution in [-0.2, 0) is 17.8 Å². The van der Waals surface area contributed by atoms with Crippen molar-refractivity contribution in [3.63, 3.8) is 0 Å². The van der Waals surface area contributed by atoms with Gasteiger partial charge in [0, 0.05) is 43.5 Å². The minimum absolute atomic E-state index is 0.0899. The Bertz CT molecular complexity index is 675. The molecule has 0 aromatic carbocycles. The fourth-order valence-corrected chi connectivity index (χ4v) is 3.87. The number of fused-ring (bicyclic) bond motifs is 1. The van der Waals surface area contributed by atoms with E-state index < -0.39 is 0 Å². The maximum absolute atomic E-state index is 13.0. The Balaban J connectivity index is 1.52. The van der Waals surface area contributed by atoms with Crippen molar-refractivity contribution >= 4 is 5.91 Å². The fraction of sp³-hybridized carbons (Fsp3) is 0.562. The molecular weight excluding hydrogens is 278 g/mol. The van der Waals surface area contributed by atoms with Crippen LogP contribution in [0.1, 0.15) is 42.5 Å². The third-order valence-corrected chi connectivity index (χ3v) is 5.06. The maximum atomic E-state index is 13.0. The Morgan fingerprint density at radius 2 is 2.27 bits per heavy atom. The van der Waals surface area contributed by atoms with Crippen LogP contribution in [-0.4, -0.2) is 37.1 Å². The largest absolute Gasteiger partial charge is 0.334 e. The van der Waals surface area contributed by atoms with Crippen LogP contribution < -0.4 is 0 Å². The van der Waals surface area contributed by atoms with Gasteiger partial charge in [0.2, 0.25) is 5.91 Å². The second kappa shape index (κ2) is 5.26. The predicted molar refractivity (Wildman–Crippen MR) is 81.1 cm³/mol. The lowest BCUT2D eigenvalue weighted by atomic mass is 9.94. The van der Waals surface area contributed by atoms with Gasteiger partial charge in [-0.25, -0.2) is 4.98 Å². The first kappa shape index (κ1) is 13.5. The van der Waals surface area contributed by atoms with E-state index in [1.165, 1.54) is 5.69 Å². The van der Waals surface area contributed by atoms with Crippen LogP contribution in [0.25, 0.3) is 0 Å². The summed E-state index contributed by atoms with van der Waals surface area (Å²) in [6, 6.07) is 2.15. The van der Waals surface area contributed by atoms with Crippen molar-refractivity contribution in [3.05, 3.63) is 35.7 Å². The van der Waals surface area contributed by atoms with E-state index in [4.69, 9.17) is 0 Å². The molecule has 116 valence electrons. The number of aromatic amines is 1. The number of carbonyl (C=O) groups excluding carboxylic acids is 1. The monoisotopic (exact) mass is 299 g/mol. The van der Waals surface area contributed by atoms with Crippen LogP contribution >= 0.6 is 0 Å². The summed E-state index contributed by atoms with van der Waals surface area (Å²) in [6.07, 6.45) is 7.50. The lowest BCUT2D eigenvalue weighted by Crippen LogP contribution is -2.39. The van der Waals surface area contributed by atoms with Crippen LogP contribution in [0.4, 0.5) is 0 Å². The zero-order chi connectivity index (χ0) is 15.1. The van der Waals surface area contributed by atoms with E-state index in [9.17, 15) is 4.79 Å². The number of aromatic nitrogens is 4. The van der Waals surface area contributed by atoms with E-state index in [1.807, 2.05) is 19.2 Å². The summed E-state index contributed by atoms with van der Waals surface area (Å²) in [4.78, 5) is 19.4. The number of rotatable bonds is 2. The summed E-state index contributed by atoms with van der Waals surface area (Å²) in [5.74, 6) is 1.44. The summed E-state index contributed by atoms with van der Waals surface area (Å²) in [5, 5.41) is 7.06. The van der Waals surface area contributed by atoms with Crippen molar-refractivity contribution in [3.8, 4) is 0 Å². The van der Waals surface area contributed by atoms with Gasteiger partial charge in [-0.2, -0.15) is 5.10 Å². The topological polar surface area (TPSA) is 66.8 Å². The Morgan fingerprint density at radius 3 is 3.09 bits per heavy atom. The highest BCUT2D eigenvalue weighted by Crippen LogP contribution is 2.34. The van der Waals surface area contributed by atoms with Crippen molar-refractivity contribution in [1.82, 2.24) is 24.6 Å². The van der Waals surface area contributed by atoms with E-state index in [0.717, 1.165) is 50.3 Å². The molecule has 2 aliphatic heterocycles. The number of nitrogens with one attached hydrogen (secondary N) is 1. The molecule has 6 nitrogen and oxygen atoms in total. The molecule has 0 aliphatic carbocycles. The van der Waals surface area contributed by atoms with Crippen molar-refractivity contribution in [2.24, 2.45) is 5.92 Å². The van der Waals surface area contributed by atoms with Gasteiger partial charge in [-0.3, -0.25) is 9.89 Å². The molecule has 1 saturated heterocycles. The molecule has 1 amide bonds. The molecular formula is C16H21N5O. The highest BCUT2D eigenvalue weighted by molar-refractivity contribution is 5.80. The summed E-state index contributed by atoms with van der Waals surface area (Å²) < 4.78 is 2.24. The molecule has 1 fully saturated rings. The molecule has 0 saturated carbocycles. The number of carbonyl (C=O) groups is 1. The zero-order valence-corrected chi connectivity index (χ0v) is 12.8. The van der Waals surface area contributed by atoms with E-state index in [0.29, 0.717) is 5.91 Å². The zero-order valence-electron chi connectivity index (χ0n) is 12.8. The lowest BCUT2D eigenvalue weighted by Gasteiger charge is -2.31. The lowest BCUT2D eigenvalue weighted by molar-refractivity contribution is -0.137. The SMILES string of the molecule is Cc1ncc2n1CCC(C(=O)N1CCCC1c1ccn[nH]1)C2. The van der Waals surface area contributed by atoms with E-state index in [1.54, 1.807) is 6.20 Å². The number of H-pyrrole nitrogens is 1. The average Bonchev–Trinajstić information content (AvgIpc) is 3.26. The number of aryl methyl sites for hydroxylation is 1. The molecule has 1 N–H and O–H groups in total. The highest BCUT2D eigenvalue weighted by atomic mass is 16.2. The van der Waals surface area contributed by atoms with Gasteiger partial charge in [0.15, 0.2) is 0 Å². The van der Waals surface area contributed by atoms with Crippen LogP contribution in [0.3, 0.4) is 0 Å². The third-order valence-electron chi connectivity index (χ3n) is 5.06. The van der Waals surface area contributed by atoms with E-state index in [-0.39, 0.29) is 12.0 Å². The average molecular weight is 299 g/mol. The number of amides is 1. The summed E-state index contributed by atoms with van der Waals surface area (Å²) >= 11 is 0. The molecule has 2 aromatic heterocycles. The summed E-state index contributed by atoms with van der Waals surface area (Å²) in [5.41, 5.74) is 2.25. The smallest absolute Gasteiger partial charge is 0.226 e. The fourth-order valence-electron chi connectivity index (χ4n) is 3.87. The Kier molecular flexibility index (Phi) is 3.24. The molecule has 0 radical (unpaired) electrons. The second-order valence-electron chi connectivity index (χ2n) is 6.34. The predicted octanol–water partition coefficient (Wildman–Crippen LogP) is 1.84. The number of imidazole rings is 1. The molecule has 2 unspecified atom stereocenters. The van der Waals surface area contributed by atoms with Gasteiger partial charge >= 0.3 is 0 Å². The molecule has 4 heterocycles. The molecule has 22 heavy (non-hydrogen) atoms. The van der Waals surface area contributed by atoms with Crippen molar-refractivity contribution in [2.45, 2.75) is 45.2 Å². The van der Waals surface area contributed by atoms with Gasteiger partial charge in [-0.1, -0.05) is 0 Å². The standard InChI is InChI=1S/C16H21N5O/c1-11-17-10-13-9-12(5-8-20(11)13)16(22)21-7-2-3-15(21)14-4-6-18-19-14/h4,6,10,12,15H,2-3,5,7-9H2,1H3,(H,18,19). The van der Waals surface area contributed by atoms with Crippen LogP contribution in [0.2, 0.25) is 0 Å². The van der Waals surface area contributed by atoms with Crippen LogP contribution in [0.5, 0.6) is 0 Å². The van der Waals surface area contributed by atoms with Gasteiger partial charge in [0.1, 0.15) is 5.82 Å². The van der Waals surface area contributed by atoms with Gasteiger partial charge < -0.3 is 9.47 Å². The highest BCUT2D eigenvalue weighted by Gasteiger charge is 2.36. The molecule has 2 aliphatic rings. The Labute approximate surface area is 129 Å². The first-order chi connectivity index (χ1) is 10.7. The van der Waals surface area contributed by atoms with E-state index >= 15 is 0 Å². The molecule has 2 aromatic rings. The molecule has 0 bridgehead atoms. The van der Waals surface area contributed by atoms with Crippen LogP contribution in [0, 0.1) is 12.8 Å². The Hall–Kier alpha value is -2.11. The normalized spacial score (nSPS) is 24.5. The summed E-state index contributed by atoms with van der Waals surface area (Å²) in [7, 11) is 0. The van der Waals surface area contributed by atoms with Crippen LogP contribution in [0.15, 0.2) is 18.5 Å². The first-order valence-electron chi connectivity index (χ1n) is 8.05. The molecule has 2 atom stereocenters. The number of likely N-dealkylation sites (tertiary alicyclic amines) is 1. The molecule has 6 heteroatoms. The minimum Gasteiger partial charge on any atom is -0.334 e. The van der Waals surface area contributed by atoms with Gasteiger partial charge in [-0.05, 0) is 32.3 Å². The van der Waals surface area contributed by atoms with Gasteiger partial charge in [-0.15, -0.1) is 0 Å². The second-order valence-corrected chi connectivity index (χ2v) is 6.34.